The van der Waals surface area contributed by atoms with Gasteiger partial charge in [-0.1, -0.05) is 13.8 Å². The first-order valence-corrected chi connectivity index (χ1v) is 6.98. The number of hydrogen-bond donors (Lipinski definition) is 2. The molecular weight excluding hydrogens is 276 g/mol. The minimum atomic E-state index is -1.13. The molecule has 0 aliphatic carbocycles. The van der Waals surface area contributed by atoms with Gasteiger partial charge in [0.15, 0.2) is 0 Å². The molecule has 0 unspecified atom stereocenters. The van der Waals surface area contributed by atoms with E-state index in [4.69, 9.17) is 9.84 Å². The van der Waals surface area contributed by atoms with E-state index >= 15 is 0 Å². The van der Waals surface area contributed by atoms with Crippen molar-refractivity contribution in [1.29, 1.82) is 0 Å². The minimum absolute atomic E-state index is 0.175. The first-order valence-electron chi connectivity index (χ1n) is 6.98. The third kappa shape index (κ3) is 6.97. The van der Waals surface area contributed by atoms with Crippen LogP contribution in [0.15, 0.2) is 0 Å². The van der Waals surface area contributed by atoms with Crippen LogP contribution in [0.4, 0.5) is 4.79 Å². The summed E-state index contributed by atoms with van der Waals surface area (Å²) < 4.78 is 5.29. The molecule has 0 radical (unpaired) electrons. The van der Waals surface area contributed by atoms with Crippen molar-refractivity contribution in [1.82, 2.24) is 10.2 Å². The number of likely N-dealkylation sites (N-methyl/N-ethyl adjacent to an activating group) is 1. The van der Waals surface area contributed by atoms with Crippen LogP contribution in [0.1, 0.15) is 41.5 Å². The van der Waals surface area contributed by atoms with Crippen molar-refractivity contribution in [2.24, 2.45) is 5.92 Å². The van der Waals surface area contributed by atoms with E-state index in [0.29, 0.717) is 0 Å². The molecule has 7 heteroatoms. The highest BCUT2D eigenvalue weighted by atomic mass is 16.6. The molecule has 0 saturated carbocycles. The normalized spacial score (nSPS) is 12.7. The molecule has 0 bridgehead atoms. The lowest BCUT2D eigenvalue weighted by Gasteiger charge is -2.34. The van der Waals surface area contributed by atoms with Crippen molar-refractivity contribution < 1.29 is 24.2 Å². The number of carboxylic acid groups (broad SMARTS) is 1. The van der Waals surface area contributed by atoms with Gasteiger partial charge in [0.05, 0.1) is 0 Å². The molecule has 0 spiro atoms. The van der Waals surface area contributed by atoms with E-state index in [0.717, 1.165) is 0 Å². The Morgan fingerprint density at radius 3 is 2.10 bits per heavy atom. The number of nitrogens with one attached hydrogen (secondary N) is 1. The largest absolute Gasteiger partial charge is 0.480 e. The minimum Gasteiger partial charge on any atom is -0.480 e. The summed E-state index contributed by atoms with van der Waals surface area (Å²) >= 11 is 0. The topological polar surface area (TPSA) is 95.9 Å². The molecule has 0 aliphatic heterocycles. The molecule has 0 rings (SSSR count). The third-order valence-electron chi connectivity index (χ3n) is 2.62. The Morgan fingerprint density at radius 2 is 1.76 bits per heavy atom. The predicted octanol–water partition coefficient (Wildman–Crippen LogP) is 1.47. The van der Waals surface area contributed by atoms with Crippen LogP contribution in [0, 0.1) is 5.92 Å². The van der Waals surface area contributed by atoms with Gasteiger partial charge in [0.1, 0.15) is 18.2 Å². The van der Waals surface area contributed by atoms with E-state index in [9.17, 15) is 14.4 Å². The van der Waals surface area contributed by atoms with Crippen molar-refractivity contribution in [3.63, 3.8) is 0 Å². The van der Waals surface area contributed by atoms with Crippen molar-refractivity contribution in [3.05, 3.63) is 0 Å². The summed E-state index contributed by atoms with van der Waals surface area (Å²) in [6.07, 6.45) is -0.589. The summed E-state index contributed by atoms with van der Waals surface area (Å²) in [5.41, 5.74) is -0.663. The van der Waals surface area contributed by atoms with Gasteiger partial charge in [0.25, 0.3) is 0 Å². The van der Waals surface area contributed by atoms with Crippen LogP contribution in [0.25, 0.3) is 0 Å². The molecule has 0 heterocycles. The van der Waals surface area contributed by atoms with Gasteiger partial charge in [0.2, 0.25) is 5.91 Å². The van der Waals surface area contributed by atoms with Crippen LogP contribution in [0.2, 0.25) is 0 Å². The Balaban J connectivity index is 5.08. The summed E-state index contributed by atoms with van der Waals surface area (Å²) in [5.74, 6) is -1.81. The number of hydrogen-bond acceptors (Lipinski definition) is 4. The summed E-state index contributed by atoms with van der Waals surface area (Å²) in [7, 11) is 0. The number of ether oxygens (including phenoxy) is 1. The fraction of sp³-hybridized carbons (Fsp3) is 0.786. The van der Waals surface area contributed by atoms with Gasteiger partial charge in [-0.15, -0.1) is 0 Å². The Bertz CT molecular complexity index is 387. The molecule has 122 valence electrons. The highest BCUT2D eigenvalue weighted by Gasteiger charge is 2.34. The molecule has 2 N–H and O–H groups in total. The predicted molar refractivity (Wildman–Crippen MR) is 77.9 cm³/mol. The first-order chi connectivity index (χ1) is 9.49. The third-order valence-corrected chi connectivity index (χ3v) is 2.62. The second-order valence-corrected chi connectivity index (χ2v) is 6.07. The molecule has 0 saturated heterocycles. The highest BCUT2D eigenvalue weighted by Crippen LogP contribution is 2.16. The zero-order chi connectivity index (χ0) is 16.8. The smallest absolute Gasteiger partial charge is 0.410 e. The van der Waals surface area contributed by atoms with Gasteiger partial charge < -0.3 is 15.2 Å². The second kappa shape index (κ2) is 7.85. The average molecular weight is 302 g/mol. The van der Waals surface area contributed by atoms with Gasteiger partial charge in [-0.25, -0.2) is 4.79 Å². The quantitative estimate of drug-likeness (QED) is 0.774. The zero-order valence-electron chi connectivity index (χ0n) is 13.6. The summed E-state index contributed by atoms with van der Waals surface area (Å²) in [4.78, 5) is 36.2. The zero-order valence-corrected chi connectivity index (χ0v) is 13.6. The maximum absolute atomic E-state index is 12.2. The molecule has 0 aliphatic rings. The fourth-order valence-corrected chi connectivity index (χ4v) is 1.83. The van der Waals surface area contributed by atoms with E-state index in [1.807, 2.05) is 0 Å². The van der Waals surface area contributed by atoms with Gasteiger partial charge in [-0.3, -0.25) is 14.5 Å². The molecule has 0 aromatic carbocycles. The van der Waals surface area contributed by atoms with Gasteiger partial charge in [-0.2, -0.15) is 0 Å². The van der Waals surface area contributed by atoms with Crippen LogP contribution < -0.4 is 5.32 Å². The summed E-state index contributed by atoms with van der Waals surface area (Å²) in [5, 5.41) is 10.9. The number of rotatable bonds is 6. The van der Waals surface area contributed by atoms with Gasteiger partial charge in [0, 0.05) is 6.54 Å². The standard InChI is InChI=1S/C14H26N2O5/c1-7-16(13(20)21-14(4,5)6)11(9(2)3)12(19)15-8-10(17)18/h9,11H,7-8H2,1-6H3,(H,15,19)(H,17,18)/t11-/m0/s1. The first kappa shape index (κ1) is 19.2. The number of carboxylic acids is 1. The maximum Gasteiger partial charge on any atom is 0.410 e. The van der Waals surface area contributed by atoms with Crippen LogP contribution >= 0.6 is 0 Å². The molecular formula is C14H26N2O5. The van der Waals surface area contributed by atoms with Crippen molar-refractivity contribution >= 4 is 18.0 Å². The molecule has 1 atom stereocenters. The molecule has 7 nitrogen and oxygen atoms in total. The lowest BCUT2D eigenvalue weighted by atomic mass is 10.0. The highest BCUT2D eigenvalue weighted by molar-refractivity contribution is 5.88. The van der Waals surface area contributed by atoms with Crippen molar-refractivity contribution in [2.45, 2.75) is 53.2 Å². The number of nitrogens with zero attached hydrogens (tertiary/aromatic N) is 1. The van der Waals surface area contributed by atoms with Crippen molar-refractivity contribution in [3.8, 4) is 0 Å². The molecule has 0 fully saturated rings. The van der Waals surface area contributed by atoms with E-state index in [-0.39, 0.29) is 12.5 Å². The fourth-order valence-electron chi connectivity index (χ4n) is 1.83. The number of amides is 2. The second-order valence-electron chi connectivity index (χ2n) is 6.07. The van der Waals surface area contributed by atoms with E-state index in [1.54, 1.807) is 41.5 Å². The van der Waals surface area contributed by atoms with E-state index < -0.39 is 36.2 Å². The lowest BCUT2D eigenvalue weighted by molar-refractivity contribution is -0.139. The monoisotopic (exact) mass is 302 g/mol. The van der Waals surface area contributed by atoms with Crippen LogP contribution in [-0.2, 0) is 14.3 Å². The summed E-state index contributed by atoms with van der Waals surface area (Å²) in [6, 6.07) is -0.774. The average Bonchev–Trinajstić information content (AvgIpc) is 2.29. The molecule has 0 aromatic rings. The van der Waals surface area contributed by atoms with E-state index in [1.165, 1.54) is 4.90 Å². The SMILES string of the molecule is CCN(C(=O)OC(C)(C)C)[C@H](C(=O)NCC(=O)O)C(C)C. The van der Waals surface area contributed by atoms with Crippen molar-refractivity contribution in [2.75, 3.05) is 13.1 Å². The van der Waals surface area contributed by atoms with Crippen LogP contribution in [0.3, 0.4) is 0 Å². The molecule has 2 amide bonds. The number of carbonyl (C=O) groups is 3. The lowest BCUT2D eigenvalue weighted by Crippen LogP contribution is -2.53. The Morgan fingerprint density at radius 1 is 1.24 bits per heavy atom. The van der Waals surface area contributed by atoms with E-state index in [2.05, 4.69) is 5.32 Å². The molecule has 0 aromatic heterocycles. The number of aliphatic carboxylic acids is 1. The number of carbonyl (C=O) groups excluding carboxylic acids is 2. The van der Waals surface area contributed by atoms with Crippen LogP contribution in [0.5, 0.6) is 0 Å². The van der Waals surface area contributed by atoms with Gasteiger partial charge in [-0.05, 0) is 33.6 Å². The van der Waals surface area contributed by atoms with Crippen LogP contribution in [-0.4, -0.2) is 52.7 Å². The van der Waals surface area contributed by atoms with Gasteiger partial charge >= 0.3 is 12.1 Å². The summed E-state index contributed by atoms with van der Waals surface area (Å²) in [6.45, 7) is 10.4. The Hall–Kier alpha value is -1.79. The Labute approximate surface area is 125 Å². The maximum atomic E-state index is 12.2. The molecule has 21 heavy (non-hydrogen) atoms. The Kier molecular flexibility index (Phi) is 7.18.